The SMILES string of the molecule is C=COCC(CCCC)OC(=O)C1CCCCC1. The lowest BCUT2D eigenvalue weighted by Crippen LogP contribution is -2.28. The molecule has 1 aliphatic rings. The molecule has 0 spiro atoms. The second kappa shape index (κ2) is 9.01. The number of ether oxygens (including phenoxy) is 2. The third kappa shape index (κ3) is 5.56. The van der Waals surface area contributed by atoms with E-state index in [1.54, 1.807) is 0 Å². The Morgan fingerprint density at radius 1 is 1.39 bits per heavy atom. The van der Waals surface area contributed by atoms with Crippen molar-refractivity contribution in [3.8, 4) is 0 Å². The van der Waals surface area contributed by atoms with Crippen LogP contribution in [0.4, 0.5) is 0 Å². The Kier molecular flexibility index (Phi) is 7.54. The van der Waals surface area contributed by atoms with Gasteiger partial charge >= 0.3 is 5.97 Å². The van der Waals surface area contributed by atoms with Gasteiger partial charge in [-0.05, 0) is 25.7 Å². The monoisotopic (exact) mass is 254 g/mol. The van der Waals surface area contributed by atoms with Crippen LogP contribution in [0.2, 0.25) is 0 Å². The first kappa shape index (κ1) is 15.1. The van der Waals surface area contributed by atoms with Crippen LogP contribution in [0.15, 0.2) is 12.8 Å². The highest BCUT2D eigenvalue weighted by atomic mass is 16.6. The predicted molar refractivity (Wildman–Crippen MR) is 72.1 cm³/mol. The highest BCUT2D eigenvalue weighted by molar-refractivity contribution is 5.72. The van der Waals surface area contributed by atoms with Gasteiger partial charge in [-0.25, -0.2) is 0 Å². The van der Waals surface area contributed by atoms with Gasteiger partial charge in [-0.3, -0.25) is 4.79 Å². The van der Waals surface area contributed by atoms with Gasteiger partial charge in [-0.2, -0.15) is 0 Å². The number of hydrogen-bond donors (Lipinski definition) is 0. The molecule has 1 unspecified atom stereocenters. The van der Waals surface area contributed by atoms with Crippen molar-refractivity contribution in [2.45, 2.75) is 64.4 Å². The van der Waals surface area contributed by atoms with Crippen molar-refractivity contribution in [1.29, 1.82) is 0 Å². The van der Waals surface area contributed by atoms with Crippen LogP contribution in [-0.4, -0.2) is 18.7 Å². The lowest BCUT2D eigenvalue weighted by molar-refractivity contribution is -0.157. The van der Waals surface area contributed by atoms with E-state index in [4.69, 9.17) is 9.47 Å². The van der Waals surface area contributed by atoms with E-state index in [9.17, 15) is 4.79 Å². The molecular weight excluding hydrogens is 228 g/mol. The molecule has 1 aliphatic carbocycles. The first-order chi connectivity index (χ1) is 8.77. The van der Waals surface area contributed by atoms with Gasteiger partial charge in [-0.15, -0.1) is 0 Å². The molecule has 0 saturated heterocycles. The summed E-state index contributed by atoms with van der Waals surface area (Å²) in [5.41, 5.74) is 0. The minimum atomic E-state index is -0.114. The highest BCUT2D eigenvalue weighted by Crippen LogP contribution is 2.25. The van der Waals surface area contributed by atoms with E-state index in [2.05, 4.69) is 13.5 Å². The number of rotatable bonds is 8. The van der Waals surface area contributed by atoms with E-state index in [1.807, 2.05) is 0 Å². The van der Waals surface area contributed by atoms with Gasteiger partial charge in [0.2, 0.25) is 0 Å². The summed E-state index contributed by atoms with van der Waals surface area (Å²) in [5, 5.41) is 0. The van der Waals surface area contributed by atoms with Gasteiger partial charge in [-0.1, -0.05) is 39.2 Å². The second-order valence-electron chi connectivity index (χ2n) is 5.04. The Labute approximate surface area is 111 Å². The molecule has 0 radical (unpaired) electrons. The summed E-state index contributed by atoms with van der Waals surface area (Å²) >= 11 is 0. The predicted octanol–water partition coefficient (Wildman–Crippen LogP) is 3.83. The molecule has 0 aliphatic heterocycles. The fourth-order valence-corrected chi connectivity index (χ4v) is 2.38. The first-order valence-corrected chi connectivity index (χ1v) is 7.21. The van der Waals surface area contributed by atoms with E-state index in [-0.39, 0.29) is 18.0 Å². The maximum atomic E-state index is 12.0. The molecule has 18 heavy (non-hydrogen) atoms. The fourth-order valence-electron chi connectivity index (χ4n) is 2.38. The maximum Gasteiger partial charge on any atom is 0.309 e. The van der Waals surface area contributed by atoms with E-state index < -0.39 is 0 Å². The van der Waals surface area contributed by atoms with Crippen LogP contribution >= 0.6 is 0 Å². The zero-order valence-corrected chi connectivity index (χ0v) is 11.5. The number of esters is 1. The summed E-state index contributed by atoms with van der Waals surface area (Å²) in [7, 11) is 0. The average Bonchev–Trinajstić information content (AvgIpc) is 2.42. The van der Waals surface area contributed by atoms with Crippen LogP contribution in [0, 0.1) is 5.92 Å². The summed E-state index contributed by atoms with van der Waals surface area (Å²) in [5.74, 6) is 0.0927. The number of unbranched alkanes of at least 4 members (excludes halogenated alkanes) is 1. The van der Waals surface area contributed by atoms with Crippen molar-refractivity contribution in [1.82, 2.24) is 0 Å². The second-order valence-corrected chi connectivity index (χ2v) is 5.04. The topological polar surface area (TPSA) is 35.5 Å². The fraction of sp³-hybridized carbons (Fsp3) is 0.800. The summed E-state index contributed by atoms with van der Waals surface area (Å²) < 4.78 is 10.7. The van der Waals surface area contributed by atoms with Crippen molar-refractivity contribution in [2.24, 2.45) is 5.92 Å². The van der Waals surface area contributed by atoms with Crippen molar-refractivity contribution in [2.75, 3.05) is 6.61 Å². The molecule has 0 N–H and O–H groups in total. The third-order valence-electron chi connectivity index (χ3n) is 3.50. The van der Waals surface area contributed by atoms with Crippen LogP contribution in [0.5, 0.6) is 0 Å². The number of carbonyl (C=O) groups excluding carboxylic acids is 1. The lowest BCUT2D eigenvalue weighted by atomic mass is 9.89. The molecule has 0 aromatic heterocycles. The Hall–Kier alpha value is -0.990. The number of hydrogen-bond acceptors (Lipinski definition) is 3. The summed E-state index contributed by atoms with van der Waals surface area (Å²) in [4.78, 5) is 12.0. The van der Waals surface area contributed by atoms with Gasteiger partial charge in [0.05, 0.1) is 12.2 Å². The molecular formula is C15H26O3. The third-order valence-corrected chi connectivity index (χ3v) is 3.50. The van der Waals surface area contributed by atoms with E-state index in [0.717, 1.165) is 44.9 Å². The molecule has 3 heteroatoms. The van der Waals surface area contributed by atoms with Crippen LogP contribution in [0.1, 0.15) is 58.3 Å². The van der Waals surface area contributed by atoms with Gasteiger partial charge in [0.25, 0.3) is 0 Å². The van der Waals surface area contributed by atoms with Crippen molar-refractivity contribution in [3.63, 3.8) is 0 Å². The molecule has 1 rings (SSSR count). The van der Waals surface area contributed by atoms with Gasteiger partial charge in [0.15, 0.2) is 0 Å². The normalized spacial score (nSPS) is 18.1. The Bertz CT molecular complexity index is 244. The van der Waals surface area contributed by atoms with Crippen LogP contribution < -0.4 is 0 Å². The van der Waals surface area contributed by atoms with Gasteiger partial charge in [0.1, 0.15) is 12.7 Å². The average molecular weight is 254 g/mol. The van der Waals surface area contributed by atoms with E-state index >= 15 is 0 Å². The summed E-state index contributed by atoms with van der Waals surface area (Å²) in [6, 6.07) is 0. The molecule has 104 valence electrons. The lowest BCUT2D eigenvalue weighted by Gasteiger charge is -2.23. The largest absolute Gasteiger partial charge is 0.498 e. The molecule has 1 atom stereocenters. The molecule has 1 fully saturated rings. The summed E-state index contributed by atoms with van der Waals surface area (Å²) in [6.45, 7) is 6.09. The molecule has 0 aromatic carbocycles. The van der Waals surface area contributed by atoms with Crippen LogP contribution in [-0.2, 0) is 14.3 Å². The molecule has 0 bridgehead atoms. The summed E-state index contributed by atoms with van der Waals surface area (Å²) in [6.07, 6.45) is 9.87. The Morgan fingerprint density at radius 2 is 2.11 bits per heavy atom. The minimum absolute atomic E-state index is 0.0246. The molecule has 0 amide bonds. The first-order valence-electron chi connectivity index (χ1n) is 7.21. The van der Waals surface area contributed by atoms with Gasteiger partial charge in [0, 0.05) is 0 Å². The van der Waals surface area contributed by atoms with Crippen molar-refractivity contribution < 1.29 is 14.3 Å². The molecule has 3 nitrogen and oxygen atoms in total. The highest BCUT2D eigenvalue weighted by Gasteiger charge is 2.25. The Balaban J connectivity index is 2.36. The molecule has 1 saturated carbocycles. The maximum absolute atomic E-state index is 12.0. The zero-order valence-electron chi connectivity index (χ0n) is 11.5. The quantitative estimate of drug-likeness (QED) is 0.488. The molecule has 0 aromatic rings. The molecule has 0 heterocycles. The minimum Gasteiger partial charge on any atom is -0.498 e. The Morgan fingerprint density at radius 3 is 2.72 bits per heavy atom. The van der Waals surface area contributed by atoms with E-state index in [1.165, 1.54) is 12.7 Å². The standard InChI is InChI=1S/C15H26O3/c1-3-5-11-14(12-17-4-2)18-15(16)13-9-7-6-8-10-13/h4,13-14H,2-3,5-12H2,1H3. The van der Waals surface area contributed by atoms with E-state index in [0.29, 0.717) is 6.61 Å². The van der Waals surface area contributed by atoms with Crippen LogP contribution in [0.3, 0.4) is 0 Å². The van der Waals surface area contributed by atoms with Crippen molar-refractivity contribution >= 4 is 5.97 Å². The zero-order chi connectivity index (χ0) is 13.2. The number of carbonyl (C=O) groups is 1. The smallest absolute Gasteiger partial charge is 0.309 e. The van der Waals surface area contributed by atoms with Gasteiger partial charge < -0.3 is 9.47 Å². The van der Waals surface area contributed by atoms with Crippen molar-refractivity contribution in [3.05, 3.63) is 12.8 Å². The van der Waals surface area contributed by atoms with Crippen LogP contribution in [0.25, 0.3) is 0 Å².